The number of piperazine rings is 1. The molecular formula is C25H33FIN7. The minimum atomic E-state index is -0.200. The summed E-state index contributed by atoms with van der Waals surface area (Å²) in [6, 6.07) is 15.1. The predicted octanol–water partition coefficient (Wildman–Crippen LogP) is 3.71. The van der Waals surface area contributed by atoms with Gasteiger partial charge in [0.05, 0.1) is 6.54 Å². The lowest BCUT2D eigenvalue weighted by Gasteiger charge is -2.36. The second kappa shape index (κ2) is 12.0. The van der Waals surface area contributed by atoms with Gasteiger partial charge in [-0.3, -0.25) is 4.99 Å². The van der Waals surface area contributed by atoms with Gasteiger partial charge in [0.2, 0.25) is 0 Å². The molecule has 0 atom stereocenters. The Balaban J connectivity index is 0.00000324. The highest BCUT2D eigenvalue weighted by Gasteiger charge is 2.19. The third kappa shape index (κ3) is 6.40. The number of aliphatic imine (C=N–C) groups is 1. The number of nitrogens with one attached hydrogen (secondary N) is 1. The smallest absolute Gasteiger partial charge is 0.194 e. The zero-order chi connectivity index (χ0) is 23.2. The number of halogens is 2. The molecule has 0 aliphatic carbocycles. The molecule has 1 aliphatic rings. The van der Waals surface area contributed by atoms with E-state index < -0.39 is 0 Å². The number of aryl methyl sites for hydroxylation is 1. The summed E-state index contributed by atoms with van der Waals surface area (Å²) in [5.41, 5.74) is 3.45. The van der Waals surface area contributed by atoms with E-state index in [-0.39, 0.29) is 29.8 Å². The average molecular weight is 577 g/mol. The lowest BCUT2D eigenvalue weighted by molar-refractivity contribution is 0.461. The van der Waals surface area contributed by atoms with E-state index >= 15 is 0 Å². The van der Waals surface area contributed by atoms with Crippen LogP contribution in [0.5, 0.6) is 0 Å². The summed E-state index contributed by atoms with van der Waals surface area (Å²) in [6.07, 6.45) is 3.92. The summed E-state index contributed by atoms with van der Waals surface area (Å²) >= 11 is 0. The number of aromatic nitrogens is 2. The van der Waals surface area contributed by atoms with Crippen molar-refractivity contribution in [1.29, 1.82) is 0 Å². The SMILES string of the molecule is CN=C(NCc1ccnc(N2CCN(c3ccc(F)cc3)CC2)c1)N(C)Cc1cccn1C.I. The molecule has 0 amide bonds. The van der Waals surface area contributed by atoms with Gasteiger partial charge in [-0.1, -0.05) is 0 Å². The maximum Gasteiger partial charge on any atom is 0.194 e. The highest BCUT2D eigenvalue weighted by Crippen LogP contribution is 2.20. The predicted molar refractivity (Wildman–Crippen MR) is 148 cm³/mol. The standard InChI is InChI=1S/C25H32FN7.HI/c1-27-25(31(3)19-23-5-4-12-30(23)2)29-18-20-10-11-28-24(17-20)33-15-13-32(14-16-33)22-8-6-21(26)7-9-22;/h4-12,17H,13-16,18-19H2,1-3H3,(H,27,29);1H. The summed E-state index contributed by atoms with van der Waals surface area (Å²) in [5.74, 6) is 1.64. The molecule has 3 heterocycles. The van der Waals surface area contributed by atoms with Gasteiger partial charge >= 0.3 is 0 Å². The van der Waals surface area contributed by atoms with Crippen LogP contribution in [0.25, 0.3) is 0 Å². The third-order valence-corrected chi connectivity index (χ3v) is 6.08. The van der Waals surface area contributed by atoms with Crippen LogP contribution in [0.15, 0.2) is 65.9 Å². The number of anilines is 2. The van der Waals surface area contributed by atoms with Gasteiger partial charge in [-0.2, -0.15) is 0 Å². The highest BCUT2D eigenvalue weighted by atomic mass is 127. The van der Waals surface area contributed by atoms with Gasteiger partial charge in [0.25, 0.3) is 0 Å². The fourth-order valence-electron chi connectivity index (χ4n) is 4.13. The van der Waals surface area contributed by atoms with Gasteiger partial charge in [0.1, 0.15) is 11.6 Å². The van der Waals surface area contributed by atoms with Crippen LogP contribution in [0.3, 0.4) is 0 Å². The van der Waals surface area contributed by atoms with Crippen molar-refractivity contribution in [3.8, 4) is 0 Å². The second-order valence-electron chi connectivity index (χ2n) is 8.34. The Morgan fingerprint density at radius 3 is 2.44 bits per heavy atom. The van der Waals surface area contributed by atoms with E-state index in [0.717, 1.165) is 55.8 Å². The van der Waals surface area contributed by atoms with Crippen LogP contribution >= 0.6 is 24.0 Å². The number of hydrogen-bond donors (Lipinski definition) is 1. The Morgan fingerprint density at radius 1 is 1.09 bits per heavy atom. The molecule has 0 saturated carbocycles. The Morgan fingerprint density at radius 2 is 1.79 bits per heavy atom. The minimum absolute atomic E-state index is 0. The topological polar surface area (TPSA) is 51.9 Å². The van der Waals surface area contributed by atoms with Crippen LogP contribution < -0.4 is 15.1 Å². The first kappa shape index (κ1) is 25.8. The van der Waals surface area contributed by atoms with Gasteiger partial charge in [-0.25, -0.2) is 9.37 Å². The summed E-state index contributed by atoms with van der Waals surface area (Å²) in [6.45, 7) is 4.97. The van der Waals surface area contributed by atoms with E-state index in [1.54, 1.807) is 0 Å². The number of hydrogen-bond acceptors (Lipinski definition) is 4. The number of rotatable bonds is 6. The summed E-state index contributed by atoms with van der Waals surface area (Å²) in [4.78, 5) is 15.7. The second-order valence-corrected chi connectivity index (χ2v) is 8.34. The van der Waals surface area contributed by atoms with Crippen LogP contribution in [0.4, 0.5) is 15.9 Å². The molecule has 2 aromatic heterocycles. The zero-order valence-corrected chi connectivity index (χ0v) is 22.3. The maximum atomic E-state index is 13.2. The van der Waals surface area contributed by atoms with Crippen molar-refractivity contribution in [2.24, 2.45) is 12.0 Å². The lowest BCUT2D eigenvalue weighted by Crippen LogP contribution is -2.46. The first-order valence-corrected chi connectivity index (χ1v) is 11.3. The third-order valence-electron chi connectivity index (χ3n) is 6.08. The molecule has 9 heteroatoms. The Hall–Kier alpha value is -2.82. The van der Waals surface area contributed by atoms with E-state index in [0.29, 0.717) is 6.54 Å². The molecule has 7 nitrogen and oxygen atoms in total. The molecule has 0 bridgehead atoms. The molecule has 3 aromatic rings. The van der Waals surface area contributed by atoms with Gasteiger partial charge < -0.3 is 24.6 Å². The Bertz CT molecular complexity index is 1070. The Kier molecular flexibility index (Phi) is 9.14. The van der Waals surface area contributed by atoms with Crippen molar-refractivity contribution in [3.05, 3.63) is 78.0 Å². The first-order chi connectivity index (χ1) is 16.0. The van der Waals surface area contributed by atoms with Crippen molar-refractivity contribution in [1.82, 2.24) is 19.8 Å². The zero-order valence-electron chi connectivity index (χ0n) is 20.0. The van der Waals surface area contributed by atoms with Crippen LogP contribution in [-0.2, 0) is 20.1 Å². The normalized spacial score (nSPS) is 14.1. The van der Waals surface area contributed by atoms with Crippen molar-refractivity contribution in [2.75, 3.05) is 50.1 Å². The lowest BCUT2D eigenvalue weighted by atomic mass is 10.2. The van der Waals surface area contributed by atoms with E-state index in [4.69, 9.17) is 0 Å². The highest BCUT2D eigenvalue weighted by molar-refractivity contribution is 14.0. The minimum Gasteiger partial charge on any atom is -0.368 e. The number of nitrogens with zero attached hydrogens (tertiary/aromatic N) is 6. The van der Waals surface area contributed by atoms with Gasteiger partial charge in [0, 0.05) is 77.6 Å². The molecule has 1 aliphatic heterocycles. The quantitative estimate of drug-likeness (QED) is 0.275. The summed E-state index contributed by atoms with van der Waals surface area (Å²) in [5, 5.41) is 3.46. The molecule has 0 spiro atoms. The fraction of sp³-hybridized carbons (Fsp3) is 0.360. The molecule has 1 N–H and O–H groups in total. The molecular weight excluding hydrogens is 544 g/mol. The molecule has 34 heavy (non-hydrogen) atoms. The van der Waals surface area contributed by atoms with Gasteiger partial charge in [0.15, 0.2) is 5.96 Å². The van der Waals surface area contributed by atoms with Crippen molar-refractivity contribution >= 4 is 41.4 Å². The van der Waals surface area contributed by atoms with E-state index in [2.05, 4.69) is 66.0 Å². The van der Waals surface area contributed by atoms with Crippen LogP contribution in [0, 0.1) is 5.82 Å². The molecule has 0 unspecified atom stereocenters. The molecule has 0 radical (unpaired) electrons. The van der Waals surface area contributed by atoms with Crippen molar-refractivity contribution < 1.29 is 4.39 Å². The fourth-order valence-corrected chi connectivity index (χ4v) is 4.13. The average Bonchev–Trinajstić information content (AvgIpc) is 3.24. The molecule has 1 aromatic carbocycles. The van der Waals surface area contributed by atoms with Gasteiger partial charge in [-0.15, -0.1) is 24.0 Å². The number of guanidine groups is 1. The van der Waals surface area contributed by atoms with E-state index in [1.165, 1.54) is 17.8 Å². The first-order valence-electron chi connectivity index (χ1n) is 11.3. The number of benzene rings is 1. The molecule has 1 saturated heterocycles. The molecule has 4 rings (SSSR count). The van der Waals surface area contributed by atoms with E-state index in [1.807, 2.05) is 38.5 Å². The largest absolute Gasteiger partial charge is 0.368 e. The van der Waals surface area contributed by atoms with Crippen molar-refractivity contribution in [2.45, 2.75) is 13.1 Å². The van der Waals surface area contributed by atoms with Crippen LogP contribution in [0.2, 0.25) is 0 Å². The maximum absolute atomic E-state index is 13.2. The van der Waals surface area contributed by atoms with E-state index in [9.17, 15) is 4.39 Å². The van der Waals surface area contributed by atoms with Crippen LogP contribution in [0.1, 0.15) is 11.3 Å². The summed E-state index contributed by atoms with van der Waals surface area (Å²) in [7, 11) is 5.90. The Labute approximate surface area is 218 Å². The monoisotopic (exact) mass is 577 g/mol. The number of pyridine rings is 1. The van der Waals surface area contributed by atoms with Gasteiger partial charge in [-0.05, 0) is 54.1 Å². The van der Waals surface area contributed by atoms with Crippen molar-refractivity contribution in [3.63, 3.8) is 0 Å². The molecule has 1 fully saturated rings. The van der Waals surface area contributed by atoms with Crippen LogP contribution in [-0.4, -0.2) is 60.7 Å². The molecule has 182 valence electrons. The summed E-state index contributed by atoms with van der Waals surface area (Å²) < 4.78 is 15.3.